The average molecular weight is 291 g/mol. The molecule has 0 radical (unpaired) electrons. The Morgan fingerprint density at radius 1 is 1.11 bits per heavy atom. The SMILES string of the molecule is O=C(O)c1cccc(C(=O)ON2CCCCC2)c1.[CaH2]. The van der Waals surface area contributed by atoms with Crippen molar-refractivity contribution in [2.24, 2.45) is 0 Å². The first-order valence-electron chi connectivity index (χ1n) is 5.97. The molecule has 0 bridgehead atoms. The van der Waals surface area contributed by atoms with Crippen LogP contribution in [0.15, 0.2) is 24.3 Å². The zero-order valence-electron chi connectivity index (χ0n) is 9.96. The van der Waals surface area contributed by atoms with Crippen molar-refractivity contribution >= 4 is 49.7 Å². The van der Waals surface area contributed by atoms with Crippen LogP contribution in [-0.4, -0.2) is 72.9 Å². The van der Waals surface area contributed by atoms with Gasteiger partial charge in [0.05, 0.1) is 11.1 Å². The summed E-state index contributed by atoms with van der Waals surface area (Å²) >= 11 is 0. The van der Waals surface area contributed by atoms with Gasteiger partial charge in [-0.25, -0.2) is 9.59 Å². The first-order chi connectivity index (χ1) is 8.66. The maximum atomic E-state index is 11.8. The van der Waals surface area contributed by atoms with Crippen molar-refractivity contribution in [2.45, 2.75) is 19.3 Å². The van der Waals surface area contributed by atoms with Crippen LogP contribution in [0.25, 0.3) is 0 Å². The Balaban J connectivity index is 0.00000180. The molecule has 5 nitrogen and oxygen atoms in total. The van der Waals surface area contributed by atoms with Crippen LogP contribution >= 0.6 is 0 Å². The second-order valence-electron chi connectivity index (χ2n) is 4.25. The van der Waals surface area contributed by atoms with Crippen molar-refractivity contribution in [1.29, 1.82) is 0 Å². The molecule has 0 saturated carbocycles. The summed E-state index contributed by atoms with van der Waals surface area (Å²) in [6.07, 6.45) is 3.19. The molecule has 1 heterocycles. The summed E-state index contributed by atoms with van der Waals surface area (Å²) in [5, 5.41) is 10.5. The third-order valence-corrected chi connectivity index (χ3v) is 2.87. The van der Waals surface area contributed by atoms with Gasteiger partial charge < -0.3 is 9.94 Å². The van der Waals surface area contributed by atoms with Crippen molar-refractivity contribution in [1.82, 2.24) is 5.06 Å². The van der Waals surface area contributed by atoms with Crippen molar-refractivity contribution < 1.29 is 19.5 Å². The Labute approximate surface area is 141 Å². The Morgan fingerprint density at radius 2 is 1.74 bits per heavy atom. The Morgan fingerprint density at radius 3 is 2.37 bits per heavy atom. The molecule has 1 aliphatic rings. The molecule has 2 rings (SSSR count). The Kier molecular flexibility index (Phi) is 6.79. The second kappa shape index (κ2) is 7.85. The number of piperidine rings is 1. The first kappa shape index (κ1) is 16.4. The first-order valence-corrected chi connectivity index (χ1v) is 5.97. The molecule has 0 spiro atoms. The molecule has 0 atom stereocenters. The number of nitrogens with zero attached hydrogens (tertiary/aromatic N) is 1. The quantitative estimate of drug-likeness (QED) is 0.842. The van der Waals surface area contributed by atoms with Crippen molar-refractivity contribution in [3.63, 3.8) is 0 Å². The van der Waals surface area contributed by atoms with Crippen LogP contribution in [-0.2, 0) is 4.84 Å². The van der Waals surface area contributed by atoms with E-state index in [-0.39, 0.29) is 48.9 Å². The van der Waals surface area contributed by atoms with E-state index in [1.54, 1.807) is 11.1 Å². The predicted octanol–water partition coefficient (Wildman–Crippen LogP) is 1.03. The molecule has 19 heavy (non-hydrogen) atoms. The summed E-state index contributed by atoms with van der Waals surface area (Å²) in [6.45, 7) is 1.48. The van der Waals surface area contributed by atoms with Crippen molar-refractivity contribution in [2.75, 3.05) is 13.1 Å². The standard InChI is InChI=1S/C13H15NO4.Ca.2H/c15-12(16)10-5-4-6-11(9-10)13(17)18-14-7-2-1-3-8-14;;;/h4-6,9H,1-3,7-8H2,(H,15,16);;;. The molecule has 1 saturated heterocycles. The number of carboxylic acid groups (broad SMARTS) is 1. The van der Waals surface area contributed by atoms with Gasteiger partial charge in [-0.05, 0) is 31.0 Å². The van der Waals surface area contributed by atoms with Crippen LogP contribution in [0.1, 0.15) is 40.0 Å². The number of rotatable bonds is 3. The summed E-state index contributed by atoms with van der Waals surface area (Å²) in [5.74, 6) is -1.55. The number of aromatic carboxylic acids is 1. The Bertz CT molecular complexity index is 458. The van der Waals surface area contributed by atoms with E-state index in [0.717, 1.165) is 32.4 Å². The molecule has 0 unspecified atom stereocenters. The van der Waals surface area contributed by atoms with Gasteiger partial charge in [-0.2, -0.15) is 0 Å². The van der Waals surface area contributed by atoms with Gasteiger partial charge in [0.2, 0.25) is 0 Å². The molecule has 100 valence electrons. The number of carbonyl (C=O) groups excluding carboxylic acids is 1. The van der Waals surface area contributed by atoms with Crippen molar-refractivity contribution in [3.05, 3.63) is 35.4 Å². The molecule has 0 amide bonds. The normalized spacial score (nSPS) is 15.4. The van der Waals surface area contributed by atoms with Crippen LogP contribution in [0.5, 0.6) is 0 Å². The van der Waals surface area contributed by atoms with E-state index in [2.05, 4.69) is 0 Å². The molecule has 1 fully saturated rings. The number of carbonyl (C=O) groups is 2. The molecule has 6 heteroatoms. The van der Waals surface area contributed by atoms with Gasteiger partial charge in [-0.3, -0.25) is 0 Å². The number of hydroxylamine groups is 2. The zero-order valence-corrected chi connectivity index (χ0v) is 9.96. The monoisotopic (exact) mass is 291 g/mol. The fraction of sp³-hybridized carbons (Fsp3) is 0.385. The predicted molar refractivity (Wildman–Crippen MR) is 72.8 cm³/mol. The van der Waals surface area contributed by atoms with Gasteiger partial charge >= 0.3 is 49.7 Å². The Hall–Kier alpha value is -0.620. The van der Waals surface area contributed by atoms with Crippen LogP contribution in [0.2, 0.25) is 0 Å². The molecule has 1 N–H and O–H groups in total. The van der Waals surface area contributed by atoms with Gasteiger partial charge in [0, 0.05) is 13.1 Å². The van der Waals surface area contributed by atoms with E-state index in [9.17, 15) is 9.59 Å². The minimum absolute atomic E-state index is 0. The topological polar surface area (TPSA) is 66.8 Å². The van der Waals surface area contributed by atoms with Crippen LogP contribution in [0, 0.1) is 0 Å². The molecule has 1 aliphatic heterocycles. The fourth-order valence-corrected chi connectivity index (χ4v) is 1.91. The summed E-state index contributed by atoms with van der Waals surface area (Å²) in [7, 11) is 0. The fourth-order valence-electron chi connectivity index (χ4n) is 1.91. The van der Waals surface area contributed by atoms with Crippen LogP contribution in [0.4, 0.5) is 0 Å². The molecule has 0 aliphatic carbocycles. The molecular weight excluding hydrogens is 274 g/mol. The van der Waals surface area contributed by atoms with E-state index in [4.69, 9.17) is 9.94 Å². The zero-order chi connectivity index (χ0) is 13.0. The number of benzene rings is 1. The molecule has 0 aromatic heterocycles. The van der Waals surface area contributed by atoms with E-state index in [0.29, 0.717) is 0 Å². The number of hydrogen-bond acceptors (Lipinski definition) is 4. The molecular formula is C13H17CaNO4. The minimum atomic E-state index is -1.05. The van der Waals surface area contributed by atoms with Gasteiger partial charge in [-0.15, -0.1) is 5.06 Å². The van der Waals surface area contributed by atoms with Crippen molar-refractivity contribution in [3.8, 4) is 0 Å². The van der Waals surface area contributed by atoms with E-state index in [1.165, 1.54) is 18.2 Å². The maximum absolute atomic E-state index is 11.8. The van der Waals surface area contributed by atoms with Gasteiger partial charge in [-0.1, -0.05) is 12.5 Å². The van der Waals surface area contributed by atoms with E-state index < -0.39 is 11.9 Å². The number of hydrogen-bond donors (Lipinski definition) is 1. The summed E-state index contributed by atoms with van der Waals surface area (Å²) in [5.41, 5.74) is 0.351. The summed E-state index contributed by atoms with van der Waals surface area (Å²) in [6, 6.07) is 5.86. The average Bonchev–Trinajstić information content (AvgIpc) is 2.40. The van der Waals surface area contributed by atoms with Crippen LogP contribution in [0.3, 0.4) is 0 Å². The summed E-state index contributed by atoms with van der Waals surface area (Å²) in [4.78, 5) is 27.8. The van der Waals surface area contributed by atoms with E-state index >= 15 is 0 Å². The van der Waals surface area contributed by atoms with Gasteiger partial charge in [0.25, 0.3) is 0 Å². The van der Waals surface area contributed by atoms with Crippen LogP contribution < -0.4 is 0 Å². The number of carboxylic acids is 1. The summed E-state index contributed by atoms with van der Waals surface area (Å²) < 4.78 is 0. The molecule has 1 aromatic rings. The third kappa shape index (κ3) is 4.76. The molecule has 1 aromatic carbocycles. The van der Waals surface area contributed by atoms with E-state index in [1.807, 2.05) is 0 Å². The van der Waals surface area contributed by atoms with Gasteiger partial charge in [0.1, 0.15) is 0 Å². The third-order valence-electron chi connectivity index (χ3n) is 2.87. The van der Waals surface area contributed by atoms with Gasteiger partial charge in [0.15, 0.2) is 0 Å². The second-order valence-corrected chi connectivity index (χ2v) is 4.25.